The number of nitrogens with zero attached hydrogens (tertiary/aromatic N) is 2. The van der Waals surface area contributed by atoms with Crippen LogP contribution in [0.2, 0.25) is 0 Å². The number of aliphatic hydroxyl groups excluding tert-OH is 1. The van der Waals surface area contributed by atoms with E-state index in [1.165, 1.54) is 13.0 Å². The van der Waals surface area contributed by atoms with Crippen LogP contribution in [0, 0.1) is 19.8 Å². The minimum atomic E-state index is -3.34. The number of carbonyl (C=O) groups is 3. The summed E-state index contributed by atoms with van der Waals surface area (Å²) in [7, 11) is 0. The van der Waals surface area contributed by atoms with Gasteiger partial charge in [-0.05, 0) is 44.4 Å². The van der Waals surface area contributed by atoms with E-state index in [4.69, 9.17) is 0 Å². The lowest BCUT2D eigenvalue weighted by Gasteiger charge is -2.55. The van der Waals surface area contributed by atoms with Crippen molar-refractivity contribution in [3.63, 3.8) is 0 Å². The Balaban J connectivity index is 1.70. The van der Waals surface area contributed by atoms with Crippen molar-refractivity contribution >= 4 is 17.7 Å². The molecule has 2 fully saturated rings. The highest BCUT2D eigenvalue weighted by atomic mass is 19.3. The van der Waals surface area contributed by atoms with Crippen molar-refractivity contribution in [3.05, 3.63) is 28.8 Å². The summed E-state index contributed by atoms with van der Waals surface area (Å²) in [6.45, 7) is 6.94. The summed E-state index contributed by atoms with van der Waals surface area (Å²) in [4.78, 5) is 39.9. The second kappa shape index (κ2) is 8.55. The number of likely N-dealkylation sites (tertiary alicyclic amines) is 2. The first-order valence-electron chi connectivity index (χ1n) is 11.0. The summed E-state index contributed by atoms with van der Waals surface area (Å²) in [6.07, 6.45) is -1.09. The van der Waals surface area contributed by atoms with Crippen LogP contribution in [-0.4, -0.2) is 81.0 Å². The van der Waals surface area contributed by atoms with Gasteiger partial charge in [0.2, 0.25) is 5.91 Å². The van der Waals surface area contributed by atoms with E-state index < -0.39 is 54.4 Å². The quantitative estimate of drug-likeness (QED) is 0.528. The fourth-order valence-corrected chi connectivity index (χ4v) is 4.56. The number of nitrogens with one attached hydrogen (secondary N) is 1. The van der Waals surface area contributed by atoms with Gasteiger partial charge in [0, 0.05) is 17.7 Å². The Labute approximate surface area is 191 Å². The molecule has 2 aliphatic rings. The van der Waals surface area contributed by atoms with Crippen molar-refractivity contribution in [2.45, 2.75) is 64.6 Å². The molecule has 2 heterocycles. The summed E-state index contributed by atoms with van der Waals surface area (Å²) in [5.74, 6) is -5.62. The molecule has 1 aromatic carbocycles. The molecule has 1 unspecified atom stereocenters. The van der Waals surface area contributed by atoms with Crippen LogP contribution in [0.15, 0.2) is 12.1 Å². The predicted molar refractivity (Wildman–Crippen MR) is 116 cm³/mol. The lowest BCUT2D eigenvalue weighted by molar-refractivity contribution is -0.192. The number of phenols is 1. The maximum absolute atomic E-state index is 15.0. The topological polar surface area (TPSA) is 110 Å². The molecule has 10 heteroatoms. The SMILES string of the molecule is CC[C@H](C)CN1C(=O)[C@H]2N(C(=O)[C@@H](O)CNC(=O)c3cc(C)cc(O)c3C)CC(F)(F)C21C. The molecule has 2 aliphatic heterocycles. The van der Waals surface area contributed by atoms with Crippen LogP contribution in [-0.2, 0) is 9.59 Å². The lowest BCUT2D eigenvalue weighted by Crippen LogP contribution is -2.79. The van der Waals surface area contributed by atoms with Crippen molar-refractivity contribution in [2.24, 2.45) is 5.92 Å². The average molecular weight is 468 g/mol. The maximum atomic E-state index is 15.0. The first-order chi connectivity index (χ1) is 15.3. The Morgan fingerprint density at radius 1 is 1.30 bits per heavy atom. The number of aryl methyl sites for hydroxylation is 1. The minimum Gasteiger partial charge on any atom is -0.508 e. The normalized spacial score (nSPS) is 25.3. The number of benzene rings is 1. The van der Waals surface area contributed by atoms with Gasteiger partial charge in [0.1, 0.15) is 23.4 Å². The molecule has 0 saturated carbocycles. The second-order valence-corrected chi connectivity index (χ2v) is 9.37. The molecule has 0 bridgehead atoms. The highest BCUT2D eigenvalue weighted by Gasteiger charge is 2.77. The molecule has 1 aromatic rings. The Morgan fingerprint density at radius 3 is 2.55 bits per heavy atom. The fourth-order valence-electron chi connectivity index (χ4n) is 4.56. The number of alkyl halides is 2. The van der Waals surface area contributed by atoms with Crippen LogP contribution in [0.4, 0.5) is 8.78 Å². The van der Waals surface area contributed by atoms with Gasteiger partial charge in [-0.2, -0.15) is 0 Å². The molecule has 0 spiro atoms. The maximum Gasteiger partial charge on any atom is 0.290 e. The first-order valence-corrected chi connectivity index (χ1v) is 11.0. The Kier molecular flexibility index (Phi) is 6.45. The van der Waals surface area contributed by atoms with E-state index in [2.05, 4.69) is 5.32 Å². The summed E-state index contributed by atoms with van der Waals surface area (Å²) in [5, 5.41) is 22.6. The van der Waals surface area contributed by atoms with Crippen LogP contribution < -0.4 is 5.32 Å². The smallest absolute Gasteiger partial charge is 0.290 e. The van der Waals surface area contributed by atoms with Gasteiger partial charge in [-0.25, -0.2) is 8.78 Å². The monoisotopic (exact) mass is 467 g/mol. The van der Waals surface area contributed by atoms with Crippen molar-refractivity contribution in [2.75, 3.05) is 19.6 Å². The molecule has 2 saturated heterocycles. The summed E-state index contributed by atoms with van der Waals surface area (Å²) in [5.41, 5.74) is -0.691. The van der Waals surface area contributed by atoms with E-state index in [9.17, 15) is 33.4 Å². The van der Waals surface area contributed by atoms with Crippen molar-refractivity contribution in [3.8, 4) is 5.75 Å². The average Bonchev–Trinajstić information content (AvgIpc) is 2.95. The molecule has 3 rings (SSSR count). The standard InChI is InChI=1S/C23H31F2N3O5/c1-6-12(2)10-28-21(33)18-22(28,5)23(24,25)11-27(18)20(32)17(30)9-26-19(31)15-7-13(3)8-16(29)14(15)4/h7-8,12,17-18,29-30H,6,9-11H2,1-5H3,(H,26,31)/t12-,17-,18+,22?/m0/s1. The van der Waals surface area contributed by atoms with E-state index in [-0.39, 0.29) is 23.8 Å². The molecule has 0 aliphatic carbocycles. The number of aromatic hydroxyl groups is 1. The molecule has 4 atom stereocenters. The summed E-state index contributed by atoms with van der Waals surface area (Å²) >= 11 is 0. The third-order valence-electron chi connectivity index (χ3n) is 7.00. The largest absolute Gasteiger partial charge is 0.508 e. The molecule has 0 aromatic heterocycles. The van der Waals surface area contributed by atoms with Crippen LogP contribution >= 0.6 is 0 Å². The third kappa shape index (κ3) is 3.94. The van der Waals surface area contributed by atoms with Gasteiger partial charge in [0.25, 0.3) is 17.7 Å². The van der Waals surface area contributed by atoms with Gasteiger partial charge in [-0.3, -0.25) is 14.4 Å². The number of rotatable bonds is 7. The highest BCUT2D eigenvalue weighted by Crippen LogP contribution is 2.52. The van der Waals surface area contributed by atoms with Crippen LogP contribution in [0.25, 0.3) is 0 Å². The molecule has 3 amide bonds. The first kappa shape index (κ1) is 24.9. The number of phenolic OH excluding ortho intramolecular Hbond substituents is 1. The van der Waals surface area contributed by atoms with Gasteiger partial charge >= 0.3 is 0 Å². The molecular weight excluding hydrogens is 436 g/mol. The Bertz CT molecular complexity index is 985. The third-order valence-corrected chi connectivity index (χ3v) is 7.00. The van der Waals surface area contributed by atoms with Gasteiger partial charge in [-0.15, -0.1) is 0 Å². The minimum absolute atomic E-state index is 0.0256. The Hall–Kier alpha value is -2.75. The lowest BCUT2D eigenvalue weighted by atomic mass is 9.77. The molecule has 0 radical (unpaired) electrons. The summed E-state index contributed by atoms with van der Waals surface area (Å²) < 4.78 is 29.9. The molecule has 8 nitrogen and oxygen atoms in total. The van der Waals surface area contributed by atoms with Crippen molar-refractivity contribution in [1.29, 1.82) is 0 Å². The van der Waals surface area contributed by atoms with Gasteiger partial charge in [0.05, 0.1) is 13.1 Å². The van der Waals surface area contributed by atoms with Crippen LogP contribution in [0.1, 0.15) is 48.7 Å². The number of β-lactam (4-membered cyclic amide) rings is 1. The van der Waals surface area contributed by atoms with Crippen LogP contribution in [0.5, 0.6) is 5.75 Å². The zero-order valence-electron chi connectivity index (χ0n) is 19.5. The fraction of sp³-hybridized carbons (Fsp3) is 0.609. The zero-order valence-corrected chi connectivity index (χ0v) is 19.5. The number of halogens is 2. The van der Waals surface area contributed by atoms with E-state index >= 15 is 0 Å². The molecule has 33 heavy (non-hydrogen) atoms. The number of hydrogen-bond donors (Lipinski definition) is 3. The number of amides is 3. The molecule has 3 N–H and O–H groups in total. The zero-order chi connectivity index (χ0) is 24.9. The number of fused-ring (bicyclic) bond motifs is 1. The molecular formula is C23H31F2N3O5. The second-order valence-electron chi connectivity index (χ2n) is 9.37. The van der Waals surface area contributed by atoms with Gasteiger partial charge < -0.3 is 25.3 Å². The Morgan fingerprint density at radius 2 is 1.94 bits per heavy atom. The molecule has 182 valence electrons. The number of hydrogen-bond acceptors (Lipinski definition) is 5. The van der Waals surface area contributed by atoms with Crippen molar-refractivity contribution < 1.29 is 33.4 Å². The van der Waals surface area contributed by atoms with Crippen LogP contribution in [0.3, 0.4) is 0 Å². The predicted octanol–water partition coefficient (Wildman–Crippen LogP) is 1.59. The van der Waals surface area contributed by atoms with E-state index in [1.54, 1.807) is 19.9 Å². The van der Waals surface area contributed by atoms with Gasteiger partial charge in [0.15, 0.2) is 0 Å². The number of carbonyl (C=O) groups excluding carboxylic acids is 3. The van der Waals surface area contributed by atoms with E-state index in [0.29, 0.717) is 11.1 Å². The van der Waals surface area contributed by atoms with E-state index in [1.807, 2.05) is 13.8 Å². The number of aliphatic hydroxyl groups is 1. The van der Waals surface area contributed by atoms with E-state index in [0.717, 1.165) is 16.2 Å². The highest BCUT2D eigenvalue weighted by molar-refractivity contribution is 5.99. The van der Waals surface area contributed by atoms with Gasteiger partial charge in [-0.1, -0.05) is 20.3 Å². The summed E-state index contributed by atoms with van der Waals surface area (Å²) in [6, 6.07) is 1.68. The van der Waals surface area contributed by atoms with Crippen molar-refractivity contribution in [1.82, 2.24) is 15.1 Å².